The zero-order chi connectivity index (χ0) is 10.8. The number of anilines is 1. The maximum absolute atomic E-state index is 4.49. The minimum absolute atomic E-state index is 0.690. The smallest absolute Gasteiger partial charge is 0.161 e. The molecule has 4 nitrogen and oxygen atoms in total. The second-order valence-corrected chi connectivity index (χ2v) is 5.00. The minimum Gasteiger partial charge on any atom is -0.332 e. The molecule has 0 fully saturated rings. The molecule has 1 aliphatic rings. The van der Waals surface area contributed by atoms with Gasteiger partial charge in [0.2, 0.25) is 0 Å². The Bertz CT molecular complexity index is 383. The van der Waals surface area contributed by atoms with E-state index in [4.69, 9.17) is 0 Å². The Morgan fingerprint density at radius 3 is 2.93 bits per heavy atom. The van der Waals surface area contributed by atoms with Crippen LogP contribution in [0.25, 0.3) is 0 Å². The number of aliphatic imine (C=N–C) groups is 1. The van der Waals surface area contributed by atoms with E-state index in [1.54, 1.807) is 11.8 Å². The van der Waals surface area contributed by atoms with Gasteiger partial charge in [0.05, 0.1) is 11.4 Å². The molecular weight excluding hydrogens is 208 g/mol. The van der Waals surface area contributed by atoms with Crippen LogP contribution in [0.15, 0.2) is 11.2 Å². The lowest BCUT2D eigenvalue weighted by molar-refractivity contribution is 0.674. The summed E-state index contributed by atoms with van der Waals surface area (Å²) in [7, 11) is 1.93. The molecule has 1 aliphatic heterocycles. The van der Waals surface area contributed by atoms with Crippen molar-refractivity contribution < 1.29 is 0 Å². The molecule has 1 N–H and O–H groups in total. The van der Waals surface area contributed by atoms with Crippen LogP contribution in [0.2, 0.25) is 0 Å². The fourth-order valence-corrected chi connectivity index (χ4v) is 2.37. The molecule has 1 aromatic rings. The van der Waals surface area contributed by atoms with Gasteiger partial charge < -0.3 is 5.32 Å². The lowest BCUT2D eigenvalue weighted by Gasteiger charge is -2.17. The highest BCUT2D eigenvalue weighted by molar-refractivity contribution is 8.14. The number of aromatic nitrogens is 2. The Kier molecular flexibility index (Phi) is 3.00. The number of hydrogen-bond acceptors (Lipinski definition) is 4. The fourth-order valence-electron chi connectivity index (χ4n) is 1.47. The predicted molar refractivity (Wildman–Crippen MR) is 65.5 cm³/mol. The van der Waals surface area contributed by atoms with E-state index in [9.17, 15) is 0 Å². The number of thioether (sulfide) groups is 1. The molecule has 0 aliphatic carbocycles. The van der Waals surface area contributed by atoms with E-state index in [-0.39, 0.29) is 0 Å². The van der Waals surface area contributed by atoms with Crippen molar-refractivity contribution in [1.29, 1.82) is 0 Å². The van der Waals surface area contributed by atoms with Crippen molar-refractivity contribution in [3.8, 4) is 0 Å². The summed E-state index contributed by atoms with van der Waals surface area (Å²) in [6.45, 7) is 5.15. The van der Waals surface area contributed by atoms with Gasteiger partial charge in [0.15, 0.2) is 5.17 Å². The largest absolute Gasteiger partial charge is 0.332 e. The molecule has 0 amide bonds. The highest BCUT2D eigenvalue weighted by atomic mass is 32.2. The van der Waals surface area contributed by atoms with Crippen LogP contribution in [0.3, 0.4) is 0 Å². The van der Waals surface area contributed by atoms with Crippen LogP contribution in [0.1, 0.15) is 12.6 Å². The third-order valence-corrected chi connectivity index (χ3v) is 3.55. The quantitative estimate of drug-likeness (QED) is 0.792. The van der Waals surface area contributed by atoms with Gasteiger partial charge in [0, 0.05) is 25.5 Å². The first-order valence-electron chi connectivity index (χ1n) is 5.09. The minimum atomic E-state index is 0.690. The van der Waals surface area contributed by atoms with Crippen molar-refractivity contribution in [2.24, 2.45) is 18.0 Å². The molecule has 82 valence electrons. The number of hydrogen-bond donors (Lipinski definition) is 1. The molecule has 2 rings (SSSR count). The van der Waals surface area contributed by atoms with Gasteiger partial charge in [-0.3, -0.25) is 9.67 Å². The van der Waals surface area contributed by atoms with Gasteiger partial charge in [0.1, 0.15) is 0 Å². The average molecular weight is 224 g/mol. The highest BCUT2D eigenvalue weighted by Gasteiger charge is 2.13. The van der Waals surface area contributed by atoms with Crippen LogP contribution >= 0.6 is 11.8 Å². The number of rotatable bonds is 1. The third kappa shape index (κ3) is 2.53. The summed E-state index contributed by atoms with van der Waals surface area (Å²) in [6.07, 6.45) is 1.98. The molecule has 0 aromatic carbocycles. The van der Waals surface area contributed by atoms with Crippen molar-refractivity contribution in [3.05, 3.63) is 11.9 Å². The Morgan fingerprint density at radius 2 is 2.40 bits per heavy atom. The summed E-state index contributed by atoms with van der Waals surface area (Å²) in [5.41, 5.74) is 2.07. The van der Waals surface area contributed by atoms with Gasteiger partial charge >= 0.3 is 0 Å². The summed E-state index contributed by atoms with van der Waals surface area (Å²) >= 11 is 1.79. The van der Waals surface area contributed by atoms with Crippen molar-refractivity contribution in [2.75, 3.05) is 17.6 Å². The fraction of sp³-hybridized carbons (Fsp3) is 0.600. The van der Waals surface area contributed by atoms with E-state index in [0.717, 1.165) is 28.8 Å². The van der Waals surface area contributed by atoms with Crippen molar-refractivity contribution in [1.82, 2.24) is 9.78 Å². The molecule has 15 heavy (non-hydrogen) atoms. The second kappa shape index (κ2) is 4.26. The molecule has 0 saturated heterocycles. The van der Waals surface area contributed by atoms with E-state index >= 15 is 0 Å². The maximum atomic E-state index is 4.49. The molecule has 0 spiro atoms. The Balaban J connectivity index is 2.06. The van der Waals surface area contributed by atoms with Crippen molar-refractivity contribution >= 4 is 22.6 Å². The Morgan fingerprint density at radius 1 is 1.60 bits per heavy atom. The standard InChI is InChI=1S/C10H16N4S/c1-7-4-11-10(15-6-7)12-9-5-14(3)13-8(9)2/h5,7H,4,6H2,1-3H3,(H,11,12). The summed E-state index contributed by atoms with van der Waals surface area (Å²) in [5.74, 6) is 1.83. The van der Waals surface area contributed by atoms with Gasteiger partial charge in [-0.2, -0.15) is 5.10 Å². The zero-order valence-corrected chi connectivity index (χ0v) is 10.1. The van der Waals surface area contributed by atoms with Gasteiger partial charge in [-0.1, -0.05) is 18.7 Å². The van der Waals surface area contributed by atoms with E-state index in [0.29, 0.717) is 5.92 Å². The first-order chi connectivity index (χ1) is 7.15. The molecule has 1 unspecified atom stereocenters. The van der Waals surface area contributed by atoms with E-state index < -0.39 is 0 Å². The number of aryl methyl sites for hydroxylation is 2. The Hall–Kier alpha value is -0.970. The Labute approximate surface area is 94.2 Å². The molecule has 2 heterocycles. The molecule has 0 bridgehead atoms. The third-order valence-electron chi connectivity index (χ3n) is 2.31. The van der Waals surface area contributed by atoms with Gasteiger partial charge in [-0.25, -0.2) is 0 Å². The molecule has 0 radical (unpaired) electrons. The van der Waals surface area contributed by atoms with Crippen LogP contribution in [-0.4, -0.2) is 27.2 Å². The van der Waals surface area contributed by atoms with Crippen LogP contribution in [0, 0.1) is 12.8 Å². The van der Waals surface area contributed by atoms with Crippen LogP contribution in [0.5, 0.6) is 0 Å². The highest BCUT2D eigenvalue weighted by Crippen LogP contribution is 2.20. The lowest BCUT2D eigenvalue weighted by atomic mass is 10.2. The van der Waals surface area contributed by atoms with Crippen LogP contribution in [-0.2, 0) is 7.05 Å². The van der Waals surface area contributed by atoms with Gasteiger partial charge in [-0.15, -0.1) is 0 Å². The predicted octanol–water partition coefficient (Wildman–Crippen LogP) is 1.88. The van der Waals surface area contributed by atoms with E-state index in [1.807, 2.05) is 24.9 Å². The number of nitrogens with one attached hydrogen (secondary N) is 1. The monoisotopic (exact) mass is 224 g/mol. The molecule has 0 saturated carbocycles. The topological polar surface area (TPSA) is 42.2 Å². The number of nitrogens with zero attached hydrogens (tertiary/aromatic N) is 3. The second-order valence-electron chi connectivity index (χ2n) is 3.99. The first-order valence-corrected chi connectivity index (χ1v) is 6.08. The lowest BCUT2D eigenvalue weighted by Crippen LogP contribution is -2.18. The normalized spacial score (nSPS) is 21.3. The molecule has 5 heteroatoms. The molecular formula is C10H16N4S. The number of amidine groups is 1. The van der Waals surface area contributed by atoms with E-state index in [1.165, 1.54) is 0 Å². The first kappa shape index (κ1) is 10.5. The average Bonchev–Trinajstić information content (AvgIpc) is 2.49. The van der Waals surface area contributed by atoms with Crippen molar-refractivity contribution in [2.45, 2.75) is 13.8 Å². The van der Waals surface area contributed by atoms with E-state index in [2.05, 4.69) is 22.3 Å². The molecule has 1 atom stereocenters. The summed E-state index contributed by atoms with van der Waals surface area (Å²) in [6, 6.07) is 0. The zero-order valence-electron chi connectivity index (χ0n) is 9.32. The summed E-state index contributed by atoms with van der Waals surface area (Å²) < 4.78 is 1.81. The SMILES string of the molecule is Cc1nn(C)cc1NC1=NCC(C)CS1. The summed E-state index contributed by atoms with van der Waals surface area (Å²) in [4.78, 5) is 4.49. The summed E-state index contributed by atoms with van der Waals surface area (Å²) in [5, 5.41) is 8.62. The van der Waals surface area contributed by atoms with Crippen LogP contribution in [0.4, 0.5) is 5.69 Å². The van der Waals surface area contributed by atoms with Gasteiger partial charge in [-0.05, 0) is 12.8 Å². The maximum Gasteiger partial charge on any atom is 0.161 e. The van der Waals surface area contributed by atoms with Gasteiger partial charge in [0.25, 0.3) is 0 Å². The van der Waals surface area contributed by atoms with Crippen molar-refractivity contribution in [3.63, 3.8) is 0 Å². The molecule has 1 aromatic heterocycles. The van der Waals surface area contributed by atoms with Crippen LogP contribution < -0.4 is 5.32 Å².